The van der Waals surface area contributed by atoms with E-state index in [4.69, 9.17) is 9.57 Å². The normalized spacial score (nSPS) is 33.7. The molecule has 2 heterocycles. The Balaban J connectivity index is 2.05. The number of benzene rings is 1. The summed E-state index contributed by atoms with van der Waals surface area (Å²) in [6.45, 7) is 1.84. The molecule has 2 aliphatic rings. The molecule has 2 saturated heterocycles. The summed E-state index contributed by atoms with van der Waals surface area (Å²) in [5.74, 6) is 0.0190. The predicted octanol–water partition coefficient (Wildman–Crippen LogP) is 1.59. The van der Waals surface area contributed by atoms with Gasteiger partial charge in [-0.25, -0.2) is 4.39 Å². The van der Waals surface area contributed by atoms with Gasteiger partial charge in [0, 0.05) is 18.1 Å². The van der Waals surface area contributed by atoms with Crippen LogP contribution in [0.1, 0.15) is 12.0 Å². The topological polar surface area (TPSA) is 30.5 Å². The molecule has 2 aliphatic heterocycles. The lowest BCUT2D eigenvalue weighted by molar-refractivity contribution is -0.00193. The molecular formula is C12H14FNO2. The maximum absolute atomic E-state index is 13.9. The Morgan fingerprint density at radius 1 is 1.31 bits per heavy atom. The minimum absolute atomic E-state index is 0.174. The molecule has 0 aromatic heterocycles. The Morgan fingerprint density at radius 3 is 3.06 bits per heavy atom. The average molecular weight is 223 g/mol. The Hall–Kier alpha value is -0.970. The summed E-state index contributed by atoms with van der Waals surface area (Å²) >= 11 is 0. The number of hydrogen-bond donors (Lipinski definition) is 1. The van der Waals surface area contributed by atoms with Crippen molar-refractivity contribution in [3.8, 4) is 0 Å². The summed E-state index contributed by atoms with van der Waals surface area (Å²) in [5.41, 5.74) is 3.31. The smallest absolute Gasteiger partial charge is 0.128 e. The number of fused-ring (bicyclic) bond motifs is 1. The minimum atomic E-state index is -0.399. The van der Waals surface area contributed by atoms with Crippen molar-refractivity contribution in [2.75, 3.05) is 19.8 Å². The Kier molecular flexibility index (Phi) is 2.42. The van der Waals surface area contributed by atoms with Crippen LogP contribution in [0.15, 0.2) is 24.3 Å². The van der Waals surface area contributed by atoms with E-state index >= 15 is 0 Å². The zero-order valence-corrected chi connectivity index (χ0v) is 8.91. The van der Waals surface area contributed by atoms with Crippen LogP contribution in [-0.4, -0.2) is 19.8 Å². The van der Waals surface area contributed by atoms with Gasteiger partial charge in [0.2, 0.25) is 0 Å². The van der Waals surface area contributed by atoms with Crippen LogP contribution in [0.5, 0.6) is 0 Å². The standard InChI is InChI=1S/C12H14FNO2/c13-11-4-2-1-3-10(11)12-5-6-15-7-9(12)8-16-14-12/h1-4,9,14H,5-8H2/t9?,12-/m0/s1. The van der Waals surface area contributed by atoms with Gasteiger partial charge in [0.05, 0.1) is 18.8 Å². The highest BCUT2D eigenvalue weighted by atomic mass is 19.1. The van der Waals surface area contributed by atoms with Crippen LogP contribution in [0.3, 0.4) is 0 Å². The second-order valence-electron chi connectivity index (χ2n) is 4.39. The summed E-state index contributed by atoms with van der Waals surface area (Å²) in [6.07, 6.45) is 0.749. The second kappa shape index (κ2) is 3.80. The predicted molar refractivity (Wildman–Crippen MR) is 56.1 cm³/mol. The molecule has 0 radical (unpaired) electrons. The molecule has 1 N–H and O–H groups in total. The first-order valence-electron chi connectivity index (χ1n) is 5.55. The molecule has 3 rings (SSSR count). The summed E-state index contributed by atoms with van der Waals surface area (Å²) in [7, 11) is 0. The number of hydroxylamine groups is 1. The highest BCUT2D eigenvalue weighted by Gasteiger charge is 2.48. The van der Waals surface area contributed by atoms with Crippen molar-refractivity contribution >= 4 is 0 Å². The van der Waals surface area contributed by atoms with Crippen LogP contribution in [-0.2, 0) is 15.1 Å². The van der Waals surface area contributed by atoms with Crippen molar-refractivity contribution < 1.29 is 14.0 Å². The van der Waals surface area contributed by atoms with Crippen LogP contribution < -0.4 is 5.48 Å². The van der Waals surface area contributed by atoms with Gasteiger partial charge >= 0.3 is 0 Å². The molecule has 4 heteroatoms. The van der Waals surface area contributed by atoms with Crippen molar-refractivity contribution in [2.45, 2.75) is 12.0 Å². The van der Waals surface area contributed by atoms with Crippen molar-refractivity contribution in [1.29, 1.82) is 0 Å². The van der Waals surface area contributed by atoms with Crippen molar-refractivity contribution in [3.05, 3.63) is 35.6 Å². The Bertz CT molecular complexity index is 398. The molecule has 16 heavy (non-hydrogen) atoms. The first-order valence-corrected chi connectivity index (χ1v) is 5.55. The highest BCUT2D eigenvalue weighted by molar-refractivity contribution is 5.28. The molecule has 0 amide bonds. The quantitative estimate of drug-likeness (QED) is 0.784. The van der Waals surface area contributed by atoms with Gasteiger partial charge in [-0.3, -0.25) is 0 Å². The van der Waals surface area contributed by atoms with Crippen LogP contribution in [0.25, 0.3) is 0 Å². The van der Waals surface area contributed by atoms with E-state index in [0.717, 1.165) is 6.42 Å². The molecule has 1 unspecified atom stereocenters. The Labute approximate surface area is 93.5 Å². The fraction of sp³-hybridized carbons (Fsp3) is 0.500. The lowest BCUT2D eigenvalue weighted by Crippen LogP contribution is -2.48. The van der Waals surface area contributed by atoms with Crippen LogP contribution in [0, 0.1) is 11.7 Å². The molecule has 3 nitrogen and oxygen atoms in total. The SMILES string of the molecule is Fc1ccccc1[C@]12CCOCC1CON2. The molecule has 0 saturated carbocycles. The second-order valence-corrected chi connectivity index (χ2v) is 4.39. The van der Waals surface area contributed by atoms with E-state index in [-0.39, 0.29) is 11.7 Å². The fourth-order valence-corrected chi connectivity index (χ4v) is 2.63. The fourth-order valence-electron chi connectivity index (χ4n) is 2.63. The lowest BCUT2D eigenvalue weighted by atomic mass is 9.76. The van der Waals surface area contributed by atoms with Gasteiger partial charge in [-0.05, 0) is 12.5 Å². The molecule has 2 atom stereocenters. The maximum Gasteiger partial charge on any atom is 0.128 e. The summed E-state index contributed by atoms with van der Waals surface area (Å²) in [4.78, 5) is 5.31. The van der Waals surface area contributed by atoms with Crippen LogP contribution >= 0.6 is 0 Å². The molecule has 2 fully saturated rings. The third kappa shape index (κ3) is 1.38. The van der Waals surface area contributed by atoms with Crippen molar-refractivity contribution in [2.24, 2.45) is 5.92 Å². The van der Waals surface area contributed by atoms with E-state index in [1.165, 1.54) is 6.07 Å². The average Bonchev–Trinajstić information content (AvgIpc) is 2.74. The number of ether oxygens (including phenoxy) is 1. The summed E-state index contributed by atoms with van der Waals surface area (Å²) in [6, 6.07) is 6.89. The summed E-state index contributed by atoms with van der Waals surface area (Å²) in [5, 5.41) is 0. The number of rotatable bonds is 1. The van der Waals surface area contributed by atoms with Gasteiger partial charge in [-0.15, -0.1) is 0 Å². The third-order valence-electron chi connectivity index (χ3n) is 3.55. The first kappa shape index (κ1) is 10.2. The monoisotopic (exact) mass is 223 g/mol. The number of nitrogens with one attached hydrogen (secondary N) is 1. The first-order chi connectivity index (χ1) is 7.83. The number of halogens is 1. The van der Waals surface area contributed by atoms with E-state index in [1.807, 2.05) is 12.1 Å². The van der Waals surface area contributed by atoms with E-state index < -0.39 is 5.54 Å². The minimum Gasteiger partial charge on any atom is -0.381 e. The van der Waals surface area contributed by atoms with Crippen molar-refractivity contribution in [3.63, 3.8) is 0 Å². The molecule has 0 spiro atoms. The summed E-state index contributed by atoms with van der Waals surface area (Å²) < 4.78 is 19.3. The molecule has 86 valence electrons. The van der Waals surface area contributed by atoms with Gasteiger partial charge in [-0.2, -0.15) is 5.48 Å². The molecule has 1 aromatic carbocycles. The van der Waals surface area contributed by atoms with E-state index in [1.54, 1.807) is 6.07 Å². The highest BCUT2D eigenvalue weighted by Crippen LogP contribution is 2.41. The van der Waals surface area contributed by atoms with Gasteiger partial charge in [0.15, 0.2) is 0 Å². The zero-order valence-electron chi connectivity index (χ0n) is 8.91. The van der Waals surface area contributed by atoms with Gasteiger partial charge < -0.3 is 9.57 Å². The third-order valence-corrected chi connectivity index (χ3v) is 3.55. The van der Waals surface area contributed by atoms with E-state index in [9.17, 15) is 4.39 Å². The van der Waals surface area contributed by atoms with E-state index in [0.29, 0.717) is 25.4 Å². The maximum atomic E-state index is 13.9. The molecule has 1 aromatic rings. The lowest BCUT2D eigenvalue weighted by Gasteiger charge is -2.37. The Morgan fingerprint density at radius 2 is 2.19 bits per heavy atom. The van der Waals surface area contributed by atoms with E-state index in [2.05, 4.69) is 5.48 Å². The van der Waals surface area contributed by atoms with Gasteiger partial charge in [-0.1, -0.05) is 18.2 Å². The van der Waals surface area contributed by atoms with Gasteiger partial charge in [0.25, 0.3) is 0 Å². The largest absolute Gasteiger partial charge is 0.381 e. The van der Waals surface area contributed by atoms with Crippen molar-refractivity contribution in [1.82, 2.24) is 5.48 Å². The molecule has 0 aliphatic carbocycles. The molecule has 0 bridgehead atoms. The zero-order chi connectivity index (χ0) is 11.0. The van der Waals surface area contributed by atoms with Crippen LogP contribution in [0.2, 0.25) is 0 Å². The van der Waals surface area contributed by atoms with Crippen LogP contribution in [0.4, 0.5) is 4.39 Å². The van der Waals surface area contributed by atoms with Gasteiger partial charge in [0.1, 0.15) is 5.82 Å². The molecular weight excluding hydrogens is 209 g/mol. The number of hydrogen-bond acceptors (Lipinski definition) is 3.